The van der Waals surface area contributed by atoms with E-state index in [1.807, 2.05) is 55.8 Å². The molecule has 4 rings (SSSR count). The Morgan fingerprint density at radius 3 is 2.66 bits per heavy atom. The number of anilines is 2. The average Bonchev–Trinajstić information content (AvgIpc) is 3.39. The number of hydrogen-bond donors (Lipinski definition) is 1. The van der Waals surface area contributed by atoms with Gasteiger partial charge in [-0.2, -0.15) is 4.98 Å². The zero-order chi connectivity index (χ0) is 24.6. The molecular formula is C23H28ClN7O. The molecule has 32 heavy (non-hydrogen) atoms. The van der Waals surface area contributed by atoms with Crippen LogP contribution in [0.2, 0.25) is 5.02 Å². The zero-order valence-corrected chi connectivity index (χ0v) is 19.3. The molecule has 1 fully saturated rings. The van der Waals surface area contributed by atoms with Gasteiger partial charge in [0.2, 0.25) is 5.95 Å². The molecule has 1 aromatic carbocycles. The molecule has 0 saturated carbocycles. The molecule has 0 bridgehead atoms. The van der Waals surface area contributed by atoms with Crippen molar-refractivity contribution in [2.45, 2.75) is 39.8 Å². The summed E-state index contributed by atoms with van der Waals surface area (Å²) in [6.07, 6.45) is 5.25. The van der Waals surface area contributed by atoms with Crippen LogP contribution in [0, 0.1) is 5.92 Å². The Bertz CT molecular complexity index is 1160. The van der Waals surface area contributed by atoms with Gasteiger partial charge in [0, 0.05) is 38.9 Å². The normalized spacial score (nSPS) is 18.7. The number of likely N-dealkylation sites (N-methyl/N-ethyl adjacent to an activating group) is 1. The fourth-order valence-corrected chi connectivity index (χ4v) is 3.85. The van der Waals surface area contributed by atoms with E-state index in [2.05, 4.69) is 20.3 Å². The standard InChI is InChI=1S/C23H28ClN7O/c1-5-29-13-20(15(2)3)31(23(29)32)21-10-11-25-22(28-21)27-16(4)19-12-30(14-26-19)18-8-6-17(24)7-9-18/h6-12,14-16,20H,5,13H2,1-4H3,(H,25,27,28)/t16-,20+/m0/s1/i5D2. The number of urea groups is 1. The van der Waals surface area contributed by atoms with Crippen molar-refractivity contribution in [3.8, 4) is 5.69 Å². The number of nitrogens with one attached hydrogen (secondary N) is 1. The molecule has 2 amide bonds. The minimum atomic E-state index is -1.76. The molecule has 1 saturated heterocycles. The maximum absolute atomic E-state index is 13.1. The highest BCUT2D eigenvalue weighted by molar-refractivity contribution is 6.30. The fraction of sp³-hybridized carbons (Fsp3) is 0.391. The molecule has 2 atom stereocenters. The Labute approximate surface area is 196 Å². The molecule has 3 aromatic rings. The van der Waals surface area contributed by atoms with Crippen molar-refractivity contribution in [1.82, 2.24) is 24.4 Å². The van der Waals surface area contributed by atoms with Crippen LogP contribution in [-0.4, -0.2) is 49.5 Å². The first kappa shape index (κ1) is 19.5. The van der Waals surface area contributed by atoms with Gasteiger partial charge in [0.15, 0.2) is 0 Å². The number of carbonyl (C=O) groups excluding carboxylic acids is 1. The summed E-state index contributed by atoms with van der Waals surface area (Å²) in [5, 5.41) is 3.92. The van der Waals surface area contributed by atoms with Gasteiger partial charge in [-0.05, 0) is 50.1 Å². The Hall–Kier alpha value is -3.13. The van der Waals surface area contributed by atoms with E-state index >= 15 is 0 Å². The Morgan fingerprint density at radius 1 is 1.22 bits per heavy atom. The molecule has 2 aromatic heterocycles. The number of imidazole rings is 1. The van der Waals surface area contributed by atoms with Crippen LogP contribution in [0.25, 0.3) is 5.69 Å². The average molecular weight is 456 g/mol. The van der Waals surface area contributed by atoms with Gasteiger partial charge in [0.1, 0.15) is 5.82 Å². The monoisotopic (exact) mass is 455 g/mol. The van der Waals surface area contributed by atoms with Crippen molar-refractivity contribution in [3.63, 3.8) is 0 Å². The number of benzene rings is 1. The van der Waals surface area contributed by atoms with Crippen LogP contribution in [-0.2, 0) is 0 Å². The largest absolute Gasteiger partial charge is 0.346 e. The number of hydrogen-bond acceptors (Lipinski definition) is 5. The van der Waals surface area contributed by atoms with Gasteiger partial charge in [-0.15, -0.1) is 0 Å². The second-order valence-corrected chi connectivity index (χ2v) is 8.52. The lowest BCUT2D eigenvalue weighted by Gasteiger charge is -2.25. The van der Waals surface area contributed by atoms with Crippen LogP contribution >= 0.6 is 11.6 Å². The number of rotatable bonds is 7. The summed E-state index contributed by atoms with van der Waals surface area (Å²) in [4.78, 5) is 29.3. The first-order valence-electron chi connectivity index (χ1n) is 11.5. The summed E-state index contributed by atoms with van der Waals surface area (Å²) in [5.41, 5.74) is 1.74. The van der Waals surface area contributed by atoms with E-state index in [1.54, 1.807) is 23.5 Å². The second kappa shape index (κ2) is 9.16. The predicted molar refractivity (Wildman–Crippen MR) is 126 cm³/mol. The summed E-state index contributed by atoms with van der Waals surface area (Å²) < 4.78 is 18.0. The molecule has 1 N–H and O–H groups in total. The van der Waals surface area contributed by atoms with E-state index < -0.39 is 12.5 Å². The third kappa shape index (κ3) is 4.41. The number of carbonyl (C=O) groups is 1. The molecule has 0 radical (unpaired) electrons. The van der Waals surface area contributed by atoms with Crippen LogP contribution in [0.4, 0.5) is 16.6 Å². The van der Waals surface area contributed by atoms with Crippen LogP contribution < -0.4 is 10.2 Å². The summed E-state index contributed by atoms with van der Waals surface area (Å²) in [6.45, 7) is 5.91. The first-order chi connectivity index (χ1) is 16.0. The third-order valence-corrected chi connectivity index (χ3v) is 5.83. The summed E-state index contributed by atoms with van der Waals surface area (Å²) in [5.74, 6) is 0.921. The highest BCUT2D eigenvalue weighted by Gasteiger charge is 2.39. The van der Waals surface area contributed by atoms with E-state index in [0.29, 0.717) is 23.3 Å². The van der Waals surface area contributed by atoms with Gasteiger partial charge in [0.25, 0.3) is 0 Å². The maximum Gasteiger partial charge on any atom is 0.326 e. The summed E-state index contributed by atoms with van der Waals surface area (Å²) >= 11 is 5.98. The summed E-state index contributed by atoms with van der Waals surface area (Å²) in [7, 11) is 0. The Balaban J connectivity index is 1.53. The van der Waals surface area contributed by atoms with Gasteiger partial charge in [-0.3, -0.25) is 4.90 Å². The number of halogens is 1. The number of aromatic nitrogens is 4. The molecule has 9 heteroatoms. The van der Waals surface area contributed by atoms with Crippen molar-refractivity contribution in [2.75, 3.05) is 23.3 Å². The van der Waals surface area contributed by atoms with E-state index in [0.717, 1.165) is 11.4 Å². The van der Waals surface area contributed by atoms with Gasteiger partial charge >= 0.3 is 6.03 Å². The van der Waals surface area contributed by atoms with Crippen molar-refractivity contribution in [2.24, 2.45) is 5.92 Å². The fourth-order valence-electron chi connectivity index (χ4n) is 3.72. The number of amides is 2. The van der Waals surface area contributed by atoms with Crippen molar-refractivity contribution >= 4 is 29.4 Å². The van der Waals surface area contributed by atoms with Crippen LogP contribution in [0.3, 0.4) is 0 Å². The molecule has 3 heterocycles. The van der Waals surface area contributed by atoms with Gasteiger partial charge < -0.3 is 14.8 Å². The summed E-state index contributed by atoms with van der Waals surface area (Å²) in [6, 6.07) is 8.37. The van der Waals surface area contributed by atoms with E-state index in [1.165, 1.54) is 11.8 Å². The van der Waals surface area contributed by atoms with Gasteiger partial charge in [-0.25, -0.2) is 14.8 Å². The van der Waals surface area contributed by atoms with E-state index in [4.69, 9.17) is 14.3 Å². The molecular weight excluding hydrogens is 426 g/mol. The molecule has 8 nitrogen and oxygen atoms in total. The third-order valence-electron chi connectivity index (χ3n) is 5.58. The quantitative estimate of drug-likeness (QED) is 0.554. The SMILES string of the molecule is [2H]C([2H])(C)N1C[C@H](C(C)C)N(c2ccnc(N[C@@H](C)c3cn(-c4ccc(Cl)cc4)cn3)n2)C1=O. The van der Waals surface area contributed by atoms with Gasteiger partial charge in [-0.1, -0.05) is 25.4 Å². The molecule has 1 aliphatic heterocycles. The lowest BCUT2D eigenvalue weighted by Crippen LogP contribution is -2.38. The van der Waals surface area contributed by atoms with Crippen molar-refractivity contribution in [1.29, 1.82) is 0 Å². The zero-order valence-electron chi connectivity index (χ0n) is 20.5. The van der Waals surface area contributed by atoms with Crippen molar-refractivity contribution < 1.29 is 7.54 Å². The topological polar surface area (TPSA) is 79.2 Å². The molecule has 0 unspecified atom stereocenters. The van der Waals surface area contributed by atoms with E-state index in [9.17, 15) is 4.79 Å². The van der Waals surface area contributed by atoms with Crippen LogP contribution in [0.5, 0.6) is 0 Å². The maximum atomic E-state index is 13.1. The highest BCUT2D eigenvalue weighted by Crippen LogP contribution is 2.28. The second-order valence-electron chi connectivity index (χ2n) is 8.08. The van der Waals surface area contributed by atoms with Crippen molar-refractivity contribution in [3.05, 3.63) is 59.8 Å². The minimum Gasteiger partial charge on any atom is -0.346 e. The van der Waals surface area contributed by atoms with Crippen LogP contribution in [0.15, 0.2) is 49.1 Å². The molecule has 0 aliphatic carbocycles. The lowest BCUT2D eigenvalue weighted by molar-refractivity contribution is 0.222. The molecule has 168 valence electrons. The highest BCUT2D eigenvalue weighted by atomic mass is 35.5. The lowest BCUT2D eigenvalue weighted by atomic mass is 10.0. The van der Waals surface area contributed by atoms with Crippen LogP contribution in [0.1, 0.15) is 42.2 Å². The Kier molecular flexibility index (Phi) is 5.60. The number of nitrogens with zero attached hydrogens (tertiary/aromatic N) is 6. The smallest absolute Gasteiger partial charge is 0.326 e. The predicted octanol–water partition coefficient (Wildman–Crippen LogP) is 4.78. The van der Waals surface area contributed by atoms with E-state index in [-0.39, 0.29) is 18.0 Å². The first-order valence-corrected chi connectivity index (χ1v) is 10.9. The molecule has 1 aliphatic rings. The minimum absolute atomic E-state index is 0.124. The molecule has 0 spiro atoms. The van der Waals surface area contributed by atoms with Gasteiger partial charge in [0.05, 0.1) is 24.1 Å². The Morgan fingerprint density at radius 2 is 1.97 bits per heavy atom.